The molecule has 0 unspecified atom stereocenters. The van der Waals surface area contributed by atoms with Crippen LogP contribution in [0.4, 0.5) is 5.69 Å². The summed E-state index contributed by atoms with van der Waals surface area (Å²) in [6.07, 6.45) is -0.322. The number of nitrogens with zero attached hydrogens (tertiary/aromatic N) is 1. The minimum Gasteiger partial charge on any atom is -0.460 e. The minimum absolute atomic E-state index is 0.160. The Labute approximate surface area is 145 Å². The first-order chi connectivity index (χ1) is 11.8. The molecule has 0 aromatic heterocycles. The molecule has 1 heterocycles. The van der Waals surface area contributed by atoms with Gasteiger partial charge in [0.1, 0.15) is 6.54 Å². The predicted molar refractivity (Wildman–Crippen MR) is 90.7 cm³/mol. The van der Waals surface area contributed by atoms with Gasteiger partial charge in [-0.3, -0.25) is 9.10 Å². The Kier molecular flexibility index (Phi) is 4.38. The Morgan fingerprint density at radius 3 is 2.44 bits per heavy atom. The van der Waals surface area contributed by atoms with Crippen molar-refractivity contribution in [3.63, 3.8) is 0 Å². The number of anilines is 1. The fourth-order valence-corrected chi connectivity index (χ4v) is 4.38. The van der Waals surface area contributed by atoms with E-state index in [1.54, 1.807) is 32.0 Å². The highest BCUT2D eigenvalue weighted by Crippen LogP contribution is 2.41. The molecule has 0 radical (unpaired) electrons. The van der Waals surface area contributed by atoms with Crippen molar-refractivity contribution in [2.45, 2.75) is 24.8 Å². The van der Waals surface area contributed by atoms with E-state index in [4.69, 9.17) is 9.47 Å². The molecule has 25 heavy (non-hydrogen) atoms. The van der Waals surface area contributed by atoms with E-state index in [0.29, 0.717) is 11.1 Å². The summed E-state index contributed by atoms with van der Waals surface area (Å²) in [7, 11) is -3.83. The summed E-state index contributed by atoms with van der Waals surface area (Å²) in [5.41, 5.74) is 0.426. The van der Waals surface area contributed by atoms with Crippen molar-refractivity contribution in [1.29, 1.82) is 0 Å². The lowest BCUT2D eigenvalue weighted by Crippen LogP contribution is -2.34. The van der Waals surface area contributed by atoms with Crippen LogP contribution < -0.4 is 4.31 Å². The third kappa shape index (κ3) is 3.17. The smallest absolute Gasteiger partial charge is 0.344 e. The Bertz CT molecular complexity index is 946. The summed E-state index contributed by atoms with van der Waals surface area (Å²) in [5.74, 6) is -1.51. The van der Waals surface area contributed by atoms with Crippen LogP contribution in [-0.2, 0) is 29.1 Å². The highest BCUT2D eigenvalue weighted by molar-refractivity contribution is 7.93. The van der Waals surface area contributed by atoms with Gasteiger partial charge in [0.25, 0.3) is 10.0 Å². The average molecular weight is 363 g/mol. The minimum atomic E-state index is -3.83. The van der Waals surface area contributed by atoms with Crippen LogP contribution >= 0.6 is 0 Å². The molecule has 0 aliphatic carbocycles. The number of benzene rings is 2. The summed E-state index contributed by atoms with van der Waals surface area (Å²) in [6.45, 7) is 2.29. The summed E-state index contributed by atoms with van der Waals surface area (Å²) in [6, 6.07) is 10.1. The average Bonchev–Trinajstić information content (AvgIpc) is 2.76. The van der Waals surface area contributed by atoms with E-state index in [2.05, 4.69) is 0 Å². The molecule has 0 saturated carbocycles. The van der Waals surface area contributed by atoms with Gasteiger partial charge in [0.2, 0.25) is 0 Å². The fraction of sp³-hybridized carbons (Fsp3) is 0.294. The topological polar surface area (TPSA) is 90.0 Å². The van der Waals surface area contributed by atoms with E-state index in [1.807, 2.05) is 12.1 Å². The molecule has 7 nitrogen and oxygen atoms in total. The molecule has 0 N–H and O–H groups in total. The Morgan fingerprint density at radius 2 is 1.76 bits per heavy atom. The number of esters is 2. The maximum absolute atomic E-state index is 12.7. The SMILES string of the molecule is CC(C)OC(=O)COC(=O)CN1c2cccc3cccc(c23)S1(=O)=O. The zero-order chi connectivity index (χ0) is 18.2. The van der Waals surface area contributed by atoms with Crippen molar-refractivity contribution in [1.82, 2.24) is 0 Å². The standard InChI is InChI=1S/C17H17NO6S/c1-11(2)24-16(20)10-23-15(19)9-18-13-7-3-5-12-6-4-8-14(17(12)13)25(18,21)22/h3-8,11H,9-10H2,1-2H3. The molecule has 132 valence electrons. The Balaban J connectivity index is 1.79. The maximum atomic E-state index is 12.7. The molecule has 0 fully saturated rings. The van der Waals surface area contributed by atoms with Crippen molar-refractivity contribution >= 4 is 38.4 Å². The molecule has 0 amide bonds. The quantitative estimate of drug-likeness (QED) is 0.753. The highest BCUT2D eigenvalue weighted by atomic mass is 32.2. The van der Waals surface area contributed by atoms with Crippen LogP contribution in [0.5, 0.6) is 0 Å². The summed E-state index contributed by atoms with van der Waals surface area (Å²) >= 11 is 0. The summed E-state index contributed by atoms with van der Waals surface area (Å²) in [5, 5.41) is 1.35. The zero-order valence-corrected chi connectivity index (χ0v) is 14.6. The van der Waals surface area contributed by atoms with Gasteiger partial charge in [-0.25, -0.2) is 13.2 Å². The first-order valence-electron chi connectivity index (χ1n) is 7.70. The second-order valence-electron chi connectivity index (χ2n) is 5.84. The molecule has 0 bridgehead atoms. The third-order valence-corrected chi connectivity index (χ3v) is 5.47. The lowest BCUT2D eigenvalue weighted by molar-refractivity contribution is -0.160. The van der Waals surface area contributed by atoms with Gasteiger partial charge in [0.05, 0.1) is 16.7 Å². The van der Waals surface area contributed by atoms with Crippen molar-refractivity contribution < 1.29 is 27.5 Å². The lowest BCUT2D eigenvalue weighted by atomic mass is 10.1. The number of carbonyl (C=O) groups excluding carboxylic acids is 2. The Hall–Kier alpha value is -2.61. The van der Waals surface area contributed by atoms with Crippen molar-refractivity contribution in [2.24, 2.45) is 0 Å². The summed E-state index contributed by atoms with van der Waals surface area (Å²) < 4.78 is 36.1. The summed E-state index contributed by atoms with van der Waals surface area (Å²) in [4.78, 5) is 23.6. The van der Waals surface area contributed by atoms with Gasteiger partial charge in [-0.2, -0.15) is 0 Å². The molecular formula is C17H17NO6S. The van der Waals surface area contributed by atoms with Gasteiger partial charge in [-0.1, -0.05) is 24.3 Å². The van der Waals surface area contributed by atoms with E-state index >= 15 is 0 Å². The van der Waals surface area contributed by atoms with Gasteiger partial charge in [-0.05, 0) is 31.4 Å². The monoisotopic (exact) mass is 363 g/mol. The number of hydrogen-bond acceptors (Lipinski definition) is 6. The van der Waals surface area contributed by atoms with Gasteiger partial charge in [0, 0.05) is 5.39 Å². The number of sulfonamides is 1. The molecular weight excluding hydrogens is 346 g/mol. The molecule has 0 spiro atoms. The van der Waals surface area contributed by atoms with Crippen LogP contribution in [0.25, 0.3) is 10.8 Å². The Morgan fingerprint density at radius 1 is 1.08 bits per heavy atom. The van der Waals surface area contributed by atoms with Crippen molar-refractivity contribution in [3.05, 3.63) is 36.4 Å². The lowest BCUT2D eigenvalue weighted by Gasteiger charge is -2.17. The van der Waals surface area contributed by atoms with Crippen LogP contribution in [0.1, 0.15) is 13.8 Å². The van der Waals surface area contributed by atoms with Crippen LogP contribution in [0.3, 0.4) is 0 Å². The number of carbonyl (C=O) groups is 2. The van der Waals surface area contributed by atoms with Crippen molar-refractivity contribution in [3.8, 4) is 0 Å². The number of ether oxygens (including phenoxy) is 2. The van der Waals surface area contributed by atoms with Gasteiger partial charge >= 0.3 is 11.9 Å². The normalized spacial score (nSPS) is 14.8. The largest absolute Gasteiger partial charge is 0.460 e. The second-order valence-corrected chi connectivity index (χ2v) is 7.67. The van der Waals surface area contributed by atoms with E-state index in [-0.39, 0.29) is 11.0 Å². The zero-order valence-electron chi connectivity index (χ0n) is 13.8. The van der Waals surface area contributed by atoms with Crippen molar-refractivity contribution in [2.75, 3.05) is 17.5 Å². The molecule has 8 heteroatoms. The van der Waals surface area contributed by atoms with E-state index < -0.39 is 35.1 Å². The molecule has 3 rings (SSSR count). The van der Waals surface area contributed by atoms with Gasteiger partial charge < -0.3 is 9.47 Å². The molecule has 1 aliphatic heterocycles. The van der Waals surface area contributed by atoms with Gasteiger partial charge in [-0.15, -0.1) is 0 Å². The van der Waals surface area contributed by atoms with E-state index in [9.17, 15) is 18.0 Å². The fourth-order valence-electron chi connectivity index (χ4n) is 2.73. The predicted octanol–water partition coefficient (Wildman–Crippen LogP) is 1.84. The molecule has 2 aromatic carbocycles. The van der Waals surface area contributed by atoms with Gasteiger partial charge in [0.15, 0.2) is 6.61 Å². The molecule has 0 saturated heterocycles. The van der Waals surface area contributed by atoms with Crippen LogP contribution in [-0.4, -0.2) is 39.6 Å². The molecule has 1 aliphatic rings. The van der Waals surface area contributed by atoms with E-state index in [0.717, 1.165) is 9.69 Å². The van der Waals surface area contributed by atoms with Crippen LogP contribution in [0, 0.1) is 0 Å². The molecule has 2 aromatic rings. The number of rotatable bonds is 5. The first kappa shape index (κ1) is 17.2. The highest BCUT2D eigenvalue weighted by Gasteiger charge is 2.37. The van der Waals surface area contributed by atoms with Crippen LogP contribution in [0.2, 0.25) is 0 Å². The maximum Gasteiger partial charge on any atom is 0.344 e. The number of hydrogen-bond donors (Lipinski definition) is 0. The second kappa shape index (κ2) is 6.36. The van der Waals surface area contributed by atoms with E-state index in [1.165, 1.54) is 6.07 Å². The van der Waals surface area contributed by atoms with Crippen LogP contribution in [0.15, 0.2) is 41.3 Å². The first-order valence-corrected chi connectivity index (χ1v) is 9.14. The third-order valence-electron chi connectivity index (χ3n) is 3.67. The molecule has 0 atom stereocenters.